The van der Waals surface area contributed by atoms with Gasteiger partial charge < -0.3 is 10.0 Å². The summed E-state index contributed by atoms with van der Waals surface area (Å²) >= 11 is 0. The van der Waals surface area contributed by atoms with Gasteiger partial charge in [-0.15, -0.1) is 0 Å². The molecule has 2 rings (SSSR count). The maximum atomic E-state index is 11.0. The van der Waals surface area contributed by atoms with Crippen LogP contribution in [0.3, 0.4) is 0 Å². The Morgan fingerprint density at radius 2 is 2.13 bits per heavy atom. The number of benzene rings is 1. The maximum Gasteiger partial charge on any atom is 0.337 e. The monoisotopic (exact) mass is 205 g/mol. The minimum absolute atomic E-state index is 0.389. The number of carbonyl (C=O) groups is 1. The standard InChI is InChI=1S/C12H15NO2/c1-13(8-9-6-7-9)11-5-3-2-4-10(11)12(14)15/h2-5,9H,6-8H2,1H3,(H,14,15). The molecule has 0 heterocycles. The Labute approximate surface area is 89.3 Å². The molecule has 0 radical (unpaired) electrons. The van der Waals surface area contributed by atoms with Crippen molar-refractivity contribution in [3.8, 4) is 0 Å². The van der Waals surface area contributed by atoms with Gasteiger partial charge in [-0.25, -0.2) is 4.79 Å². The normalized spacial score (nSPS) is 15.0. The summed E-state index contributed by atoms with van der Waals surface area (Å²) in [7, 11) is 1.96. The summed E-state index contributed by atoms with van der Waals surface area (Å²) in [4.78, 5) is 13.0. The molecule has 0 spiro atoms. The van der Waals surface area contributed by atoms with Crippen LogP contribution in [0.25, 0.3) is 0 Å². The van der Waals surface area contributed by atoms with E-state index in [1.807, 2.05) is 24.1 Å². The summed E-state index contributed by atoms with van der Waals surface area (Å²) in [6.07, 6.45) is 2.55. The molecule has 1 N–H and O–H groups in total. The van der Waals surface area contributed by atoms with E-state index < -0.39 is 5.97 Å². The number of hydrogen-bond acceptors (Lipinski definition) is 2. The Kier molecular flexibility index (Phi) is 2.62. The lowest BCUT2D eigenvalue weighted by Gasteiger charge is -2.20. The molecule has 3 heteroatoms. The van der Waals surface area contributed by atoms with Gasteiger partial charge in [0.1, 0.15) is 0 Å². The maximum absolute atomic E-state index is 11.0. The molecule has 0 amide bonds. The largest absolute Gasteiger partial charge is 0.478 e. The van der Waals surface area contributed by atoms with Gasteiger partial charge in [0.15, 0.2) is 0 Å². The molecule has 3 nitrogen and oxygen atoms in total. The second kappa shape index (κ2) is 3.93. The lowest BCUT2D eigenvalue weighted by Crippen LogP contribution is -2.22. The van der Waals surface area contributed by atoms with E-state index in [0.717, 1.165) is 18.2 Å². The second-order valence-corrected chi connectivity index (χ2v) is 4.15. The van der Waals surface area contributed by atoms with Crippen LogP contribution in [0.15, 0.2) is 24.3 Å². The number of hydrogen-bond donors (Lipinski definition) is 1. The van der Waals surface area contributed by atoms with Crippen molar-refractivity contribution in [1.82, 2.24) is 0 Å². The third-order valence-electron chi connectivity index (χ3n) is 2.77. The Morgan fingerprint density at radius 3 is 2.73 bits per heavy atom. The van der Waals surface area contributed by atoms with E-state index in [4.69, 9.17) is 5.11 Å². The lowest BCUT2D eigenvalue weighted by molar-refractivity contribution is 0.0697. The molecule has 1 saturated carbocycles. The number of nitrogens with zero attached hydrogens (tertiary/aromatic N) is 1. The van der Waals surface area contributed by atoms with Crippen molar-refractivity contribution in [2.75, 3.05) is 18.5 Å². The summed E-state index contributed by atoms with van der Waals surface area (Å²) in [5.41, 5.74) is 1.21. The lowest BCUT2D eigenvalue weighted by atomic mass is 10.1. The third kappa shape index (κ3) is 2.29. The molecular weight excluding hydrogens is 190 g/mol. The van der Waals surface area contributed by atoms with Crippen molar-refractivity contribution in [1.29, 1.82) is 0 Å². The highest BCUT2D eigenvalue weighted by atomic mass is 16.4. The molecule has 1 aromatic carbocycles. The molecule has 15 heavy (non-hydrogen) atoms. The molecule has 1 aliphatic carbocycles. The van der Waals surface area contributed by atoms with E-state index in [2.05, 4.69) is 0 Å². The van der Waals surface area contributed by atoms with Crippen molar-refractivity contribution < 1.29 is 9.90 Å². The van der Waals surface area contributed by atoms with Crippen LogP contribution < -0.4 is 4.90 Å². The van der Waals surface area contributed by atoms with E-state index >= 15 is 0 Å². The van der Waals surface area contributed by atoms with Crippen LogP contribution in [0.5, 0.6) is 0 Å². The fourth-order valence-electron chi connectivity index (χ4n) is 1.77. The highest BCUT2D eigenvalue weighted by Gasteiger charge is 2.24. The number of carboxylic acids is 1. The van der Waals surface area contributed by atoms with Gasteiger partial charge >= 0.3 is 5.97 Å². The average Bonchev–Trinajstić information content (AvgIpc) is 3.01. The van der Waals surface area contributed by atoms with E-state index in [1.165, 1.54) is 12.8 Å². The zero-order valence-corrected chi connectivity index (χ0v) is 8.81. The minimum Gasteiger partial charge on any atom is -0.478 e. The van der Waals surface area contributed by atoms with Gasteiger partial charge in [-0.3, -0.25) is 0 Å². The number of aromatic carboxylic acids is 1. The Hall–Kier alpha value is -1.51. The smallest absolute Gasteiger partial charge is 0.337 e. The molecule has 0 unspecified atom stereocenters. The SMILES string of the molecule is CN(CC1CC1)c1ccccc1C(=O)O. The molecule has 1 aromatic rings. The topological polar surface area (TPSA) is 40.5 Å². The first-order chi connectivity index (χ1) is 7.18. The highest BCUT2D eigenvalue weighted by molar-refractivity contribution is 5.94. The molecule has 0 bridgehead atoms. The predicted octanol–water partition coefficient (Wildman–Crippen LogP) is 2.23. The molecule has 0 atom stereocenters. The fraction of sp³-hybridized carbons (Fsp3) is 0.417. The first kappa shape index (κ1) is 10.0. The van der Waals surface area contributed by atoms with Crippen molar-refractivity contribution in [3.05, 3.63) is 29.8 Å². The van der Waals surface area contributed by atoms with Crippen molar-refractivity contribution >= 4 is 11.7 Å². The minimum atomic E-state index is -0.853. The van der Waals surface area contributed by atoms with Crippen LogP contribution in [0.1, 0.15) is 23.2 Å². The second-order valence-electron chi connectivity index (χ2n) is 4.15. The van der Waals surface area contributed by atoms with Crippen molar-refractivity contribution in [2.45, 2.75) is 12.8 Å². The van der Waals surface area contributed by atoms with Crippen LogP contribution in [0.2, 0.25) is 0 Å². The molecular formula is C12H15NO2. The molecule has 0 aromatic heterocycles. The first-order valence-electron chi connectivity index (χ1n) is 5.22. The summed E-state index contributed by atoms with van der Waals surface area (Å²) in [6, 6.07) is 7.16. The zero-order valence-electron chi connectivity index (χ0n) is 8.81. The number of anilines is 1. The zero-order chi connectivity index (χ0) is 10.8. The number of rotatable bonds is 4. The summed E-state index contributed by atoms with van der Waals surface area (Å²) in [5.74, 6) is -0.0925. The fourth-order valence-corrected chi connectivity index (χ4v) is 1.77. The van der Waals surface area contributed by atoms with Gasteiger partial charge in [0.2, 0.25) is 0 Å². The van der Waals surface area contributed by atoms with Crippen molar-refractivity contribution in [2.24, 2.45) is 5.92 Å². The average molecular weight is 205 g/mol. The molecule has 0 aliphatic heterocycles. The van der Waals surface area contributed by atoms with Crippen LogP contribution in [0.4, 0.5) is 5.69 Å². The van der Waals surface area contributed by atoms with E-state index in [9.17, 15) is 4.79 Å². The Bertz CT molecular complexity index is 372. The summed E-state index contributed by atoms with van der Waals surface area (Å²) < 4.78 is 0. The highest BCUT2D eigenvalue weighted by Crippen LogP contribution is 2.31. The third-order valence-corrected chi connectivity index (χ3v) is 2.77. The van der Waals surface area contributed by atoms with E-state index in [-0.39, 0.29) is 0 Å². The Balaban J connectivity index is 2.20. The Morgan fingerprint density at radius 1 is 1.47 bits per heavy atom. The van der Waals surface area contributed by atoms with Crippen LogP contribution in [0, 0.1) is 5.92 Å². The van der Waals surface area contributed by atoms with Gasteiger partial charge in [-0.1, -0.05) is 12.1 Å². The summed E-state index contributed by atoms with van der Waals surface area (Å²) in [5, 5.41) is 9.04. The van der Waals surface area contributed by atoms with Gasteiger partial charge in [0.05, 0.1) is 11.3 Å². The quantitative estimate of drug-likeness (QED) is 0.819. The van der Waals surface area contributed by atoms with Gasteiger partial charge in [-0.05, 0) is 30.9 Å². The number of carboxylic acid groups (broad SMARTS) is 1. The van der Waals surface area contributed by atoms with Crippen LogP contribution in [-0.4, -0.2) is 24.7 Å². The summed E-state index contributed by atoms with van der Waals surface area (Å²) in [6.45, 7) is 0.963. The van der Waals surface area contributed by atoms with Crippen LogP contribution >= 0.6 is 0 Å². The molecule has 0 saturated heterocycles. The van der Waals surface area contributed by atoms with E-state index in [0.29, 0.717) is 5.56 Å². The molecule has 1 aliphatic rings. The van der Waals surface area contributed by atoms with Gasteiger partial charge in [0, 0.05) is 13.6 Å². The van der Waals surface area contributed by atoms with Gasteiger partial charge in [0.25, 0.3) is 0 Å². The van der Waals surface area contributed by atoms with Gasteiger partial charge in [-0.2, -0.15) is 0 Å². The van der Waals surface area contributed by atoms with E-state index in [1.54, 1.807) is 12.1 Å². The number of para-hydroxylation sites is 1. The molecule has 1 fully saturated rings. The first-order valence-corrected chi connectivity index (χ1v) is 5.22. The van der Waals surface area contributed by atoms with Crippen LogP contribution in [-0.2, 0) is 0 Å². The molecule has 80 valence electrons. The van der Waals surface area contributed by atoms with Crippen molar-refractivity contribution in [3.63, 3.8) is 0 Å². The predicted molar refractivity (Wildman–Crippen MR) is 59.4 cm³/mol.